The van der Waals surface area contributed by atoms with E-state index in [0.29, 0.717) is 40.7 Å². The summed E-state index contributed by atoms with van der Waals surface area (Å²) < 4.78 is 11.0. The first-order valence-corrected chi connectivity index (χ1v) is 14.7. The molecule has 0 radical (unpaired) electrons. The summed E-state index contributed by atoms with van der Waals surface area (Å²) in [6.07, 6.45) is 7.15. The zero-order valence-corrected chi connectivity index (χ0v) is 27.4. The summed E-state index contributed by atoms with van der Waals surface area (Å²) in [7, 11) is 3.22. The second-order valence-corrected chi connectivity index (χ2v) is 11.3. The van der Waals surface area contributed by atoms with Crippen molar-refractivity contribution in [2.75, 3.05) is 39.3 Å². The minimum absolute atomic E-state index is 0.0322. The normalized spacial score (nSPS) is 12.0. The molecular formula is C35H43ClN2O7. The van der Waals surface area contributed by atoms with Crippen molar-refractivity contribution >= 4 is 39.9 Å². The van der Waals surface area contributed by atoms with Crippen LogP contribution in [0.4, 0.5) is 5.69 Å². The Labute approximate surface area is 270 Å². The summed E-state index contributed by atoms with van der Waals surface area (Å²) in [6.45, 7) is 8.24. The molecule has 0 spiro atoms. The average Bonchev–Trinajstić information content (AvgIpc) is 3.02. The van der Waals surface area contributed by atoms with E-state index in [9.17, 15) is 19.8 Å². The molecule has 45 heavy (non-hydrogen) atoms. The van der Waals surface area contributed by atoms with Gasteiger partial charge in [0.05, 0.1) is 26.4 Å². The molecule has 242 valence electrons. The molecule has 9 nitrogen and oxygen atoms in total. The van der Waals surface area contributed by atoms with Crippen molar-refractivity contribution in [2.45, 2.75) is 34.2 Å². The van der Waals surface area contributed by atoms with Gasteiger partial charge in [0.2, 0.25) is 5.91 Å². The third kappa shape index (κ3) is 11.0. The van der Waals surface area contributed by atoms with Gasteiger partial charge in [-0.15, -0.1) is 0 Å². The Kier molecular flexibility index (Phi) is 14.6. The molecule has 0 aliphatic heterocycles. The number of allylic oxidation sites excluding steroid dienone is 4. The fraction of sp³-hybridized carbons (Fsp3) is 0.314. The molecule has 3 aromatic rings. The van der Waals surface area contributed by atoms with Crippen LogP contribution in [0.15, 0.2) is 89.6 Å². The van der Waals surface area contributed by atoms with E-state index in [2.05, 4.69) is 10.2 Å². The van der Waals surface area contributed by atoms with E-state index in [-0.39, 0.29) is 30.1 Å². The van der Waals surface area contributed by atoms with E-state index in [4.69, 9.17) is 26.2 Å². The van der Waals surface area contributed by atoms with Crippen LogP contribution < -0.4 is 14.8 Å². The number of hydrogen-bond donors (Lipinski definition) is 4. The number of benzene rings is 3. The zero-order chi connectivity index (χ0) is 33.6. The van der Waals surface area contributed by atoms with Gasteiger partial charge in [-0.1, -0.05) is 67.9 Å². The number of para-hydroxylation sites is 1. The van der Waals surface area contributed by atoms with Crippen molar-refractivity contribution in [3.8, 4) is 11.5 Å². The second kappa shape index (κ2) is 17.9. The number of ether oxygens (including phenoxy) is 2. The first-order valence-electron chi connectivity index (χ1n) is 14.3. The van der Waals surface area contributed by atoms with Crippen LogP contribution in [0, 0.1) is 5.41 Å². The van der Waals surface area contributed by atoms with Crippen LogP contribution in [0.25, 0.3) is 10.8 Å². The number of carboxylic acid groups (broad SMARTS) is 1. The molecule has 0 unspecified atom stereocenters. The van der Waals surface area contributed by atoms with Crippen LogP contribution in [0.3, 0.4) is 0 Å². The molecule has 10 heteroatoms. The number of aliphatic hydroxyl groups is 2. The summed E-state index contributed by atoms with van der Waals surface area (Å²) in [5.41, 5.74) is 2.24. The topological polar surface area (TPSA) is 129 Å². The van der Waals surface area contributed by atoms with Crippen LogP contribution in [0.2, 0.25) is 0 Å². The van der Waals surface area contributed by atoms with Gasteiger partial charge in [-0.25, -0.2) is 4.79 Å². The molecule has 0 fully saturated rings. The van der Waals surface area contributed by atoms with Crippen LogP contribution >= 0.6 is 11.6 Å². The summed E-state index contributed by atoms with van der Waals surface area (Å²) in [4.78, 5) is 24.2. The molecule has 0 heterocycles. The highest BCUT2D eigenvalue weighted by Gasteiger charge is 2.23. The molecule has 3 rings (SSSR count). The average molecular weight is 639 g/mol. The minimum Gasteiger partial charge on any atom is -0.493 e. The van der Waals surface area contributed by atoms with Gasteiger partial charge < -0.3 is 35.0 Å². The number of nitrogens with one attached hydrogen (secondary N) is 1. The maximum absolute atomic E-state index is 11.1. The highest BCUT2D eigenvalue weighted by atomic mass is 35.5. The number of anilines is 1. The van der Waals surface area contributed by atoms with Crippen molar-refractivity contribution < 1.29 is 34.4 Å². The van der Waals surface area contributed by atoms with Crippen molar-refractivity contribution in [1.29, 1.82) is 0 Å². The molecule has 0 atom stereocenters. The first kappa shape index (κ1) is 36.9. The number of methoxy groups -OCH3 is 2. The Balaban J connectivity index is 0.000000351. The van der Waals surface area contributed by atoms with Gasteiger partial charge in [0.1, 0.15) is 0 Å². The summed E-state index contributed by atoms with van der Waals surface area (Å²) in [6, 6.07) is 15.9. The van der Waals surface area contributed by atoms with Crippen LogP contribution in [-0.2, 0) is 11.3 Å². The Morgan fingerprint density at radius 1 is 0.978 bits per heavy atom. The Morgan fingerprint density at radius 2 is 1.64 bits per heavy atom. The van der Waals surface area contributed by atoms with E-state index < -0.39 is 5.97 Å². The van der Waals surface area contributed by atoms with E-state index in [1.165, 1.54) is 6.92 Å². The Morgan fingerprint density at radius 3 is 2.22 bits per heavy atom. The second-order valence-electron chi connectivity index (χ2n) is 10.8. The molecule has 1 amide bonds. The van der Waals surface area contributed by atoms with Gasteiger partial charge in [0.15, 0.2) is 11.5 Å². The number of halogens is 1. The smallest absolute Gasteiger partial charge is 0.336 e. The van der Waals surface area contributed by atoms with Gasteiger partial charge in [-0.3, -0.25) is 4.79 Å². The number of carbonyl (C=O) groups excluding carboxylic acids is 1. The number of nitrogens with zero attached hydrogens (tertiary/aromatic N) is 1. The van der Waals surface area contributed by atoms with Gasteiger partial charge in [0.25, 0.3) is 0 Å². The SMILES string of the molecule is CC(=O)Nc1cccc2c(C(=O)O)cccc12.C\C=C(Cl)/C=C\C(=C\CO)N(Cc1cccc(OC)c1OC)CC(C)(C)CO. The van der Waals surface area contributed by atoms with E-state index in [0.717, 1.165) is 16.6 Å². The highest BCUT2D eigenvalue weighted by molar-refractivity contribution is 6.31. The highest BCUT2D eigenvalue weighted by Crippen LogP contribution is 2.33. The maximum atomic E-state index is 11.1. The fourth-order valence-corrected chi connectivity index (χ4v) is 4.60. The number of aliphatic hydroxyl groups excluding tert-OH is 2. The largest absolute Gasteiger partial charge is 0.493 e. The number of hydrogen-bond acceptors (Lipinski definition) is 7. The van der Waals surface area contributed by atoms with Crippen molar-refractivity contribution in [3.63, 3.8) is 0 Å². The fourth-order valence-electron chi connectivity index (χ4n) is 4.54. The Hall–Kier alpha value is -4.31. The van der Waals surface area contributed by atoms with E-state index in [1.54, 1.807) is 68.8 Å². The van der Waals surface area contributed by atoms with Crippen LogP contribution in [0.1, 0.15) is 43.6 Å². The van der Waals surface area contributed by atoms with Crippen LogP contribution in [0.5, 0.6) is 11.5 Å². The predicted molar refractivity (Wildman–Crippen MR) is 180 cm³/mol. The lowest BCUT2D eigenvalue weighted by Gasteiger charge is -2.34. The number of amides is 1. The van der Waals surface area contributed by atoms with Gasteiger partial charge >= 0.3 is 5.97 Å². The van der Waals surface area contributed by atoms with Gasteiger partial charge in [0, 0.05) is 59.4 Å². The minimum atomic E-state index is -0.976. The van der Waals surface area contributed by atoms with Crippen molar-refractivity contribution in [2.24, 2.45) is 5.41 Å². The van der Waals surface area contributed by atoms with Gasteiger partial charge in [-0.2, -0.15) is 0 Å². The lowest BCUT2D eigenvalue weighted by Crippen LogP contribution is -2.35. The molecule has 0 aromatic heterocycles. The predicted octanol–water partition coefficient (Wildman–Crippen LogP) is 6.60. The molecule has 0 aliphatic rings. The van der Waals surface area contributed by atoms with Gasteiger partial charge in [-0.05, 0) is 48.7 Å². The lowest BCUT2D eigenvalue weighted by molar-refractivity contribution is -0.114. The summed E-state index contributed by atoms with van der Waals surface area (Å²) in [5, 5.41) is 33.0. The standard InChI is InChI=1S/C22H32ClNO4.C13H11NO3/c1-6-18(23)10-11-19(12-13-25)24(15-22(2,3)16-26)14-17-8-7-9-20(27-4)21(17)28-5;1-8(15)14-12-7-3-4-9-10(12)5-2-6-11(9)13(16)17/h6-12,25-26H,13-16H2,1-5H3;2-7H,1H3,(H,14,15)(H,16,17)/b11-10-,18-6+,19-12-;. The number of carboxylic acids is 1. The van der Waals surface area contributed by atoms with E-state index >= 15 is 0 Å². The van der Waals surface area contributed by atoms with Crippen LogP contribution in [-0.4, -0.2) is 66.1 Å². The molecule has 0 saturated heterocycles. The monoisotopic (exact) mass is 638 g/mol. The molecule has 0 saturated carbocycles. The molecule has 4 N–H and O–H groups in total. The Bertz CT molecular complexity index is 1550. The van der Waals surface area contributed by atoms with Crippen molar-refractivity contribution in [3.05, 3.63) is 101 Å². The molecule has 3 aromatic carbocycles. The molecular weight excluding hydrogens is 596 g/mol. The third-order valence-corrected chi connectivity index (χ3v) is 7.05. The molecule has 0 bridgehead atoms. The summed E-state index contributed by atoms with van der Waals surface area (Å²) in [5.74, 6) is 0.158. The number of carbonyl (C=O) groups is 2. The van der Waals surface area contributed by atoms with E-state index in [1.807, 2.05) is 45.0 Å². The number of fused-ring (bicyclic) bond motifs is 1. The first-order chi connectivity index (χ1) is 21.4. The molecule has 0 aliphatic carbocycles. The lowest BCUT2D eigenvalue weighted by atomic mass is 9.93. The van der Waals surface area contributed by atoms with Crippen molar-refractivity contribution in [1.82, 2.24) is 4.90 Å². The summed E-state index contributed by atoms with van der Waals surface area (Å²) >= 11 is 6.11. The quantitative estimate of drug-likeness (QED) is 0.154. The number of rotatable bonds is 13. The zero-order valence-electron chi connectivity index (χ0n) is 26.6. The maximum Gasteiger partial charge on any atom is 0.336 e. The third-order valence-electron chi connectivity index (χ3n) is 6.71. The number of aromatic carboxylic acids is 1.